The average Bonchev–Trinajstić information content (AvgIpc) is 0.867. The Kier molecular flexibility index (Phi) is 21.7. The summed E-state index contributed by atoms with van der Waals surface area (Å²) in [5, 5.41) is 2.06. The number of benzene rings is 5. The number of nitrogens with one attached hydrogen (secondary N) is 6. The highest BCUT2D eigenvalue weighted by Crippen LogP contribution is 2.49. The highest BCUT2D eigenvalue weighted by molar-refractivity contribution is 6.09. The number of fused-ring (bicyclic) bond motifs is 14. The van der Waals surface area contributed by atoms with E-state index >= 15 is 0 Å². The normalized spacial score (nSPS) is 19.0. The number of amides is 1. The van der Waals surface area contributed by atoms with E-state index in [4.69, 9.17) is 18.9 Å². The van der Waals surface area contributed by atoms with E-state index < -0.39 is 140 Å². The molecule has 632 valence electrons. The number of aromatic nitrogens is 5. The van der Waals surface area contributed by atoms with Crippen LogP contribution < -0.4 is 76.6 Å². The molecule has 4 atom stereocenters. The van der Waals surface area contributed by atoms with Gasteiger partial charge in [-0.25, -0.2) is 0 Å². The lowest BCUT2D eigenvalue weighted by Crippen LogP contribution is -2.52. The van der Waals surface area contributed by atoms with Crippen LogP contribution in [0.3, 0.4) is 0 Å². The summed E-state index contributed by atoms with van der Waals surface area (Å²) in [5.41, 5.74) is -8.38. The van der Waals surface area contributed by atoms with Gasteiger partial charge in [0.05, 0.1) is 114 Å². The standard InChI is InChI=1S/C16H15F3N2O2.2C15H12F6N2O2.C15H14F3N3O2.C15H13F3N2O2/c17-16(18,19)11-6-15(22)20-12-7-14-13(5-10(11)12)21-4-2-1-3-9(21)8-23-14;2*1-7-5-25-12-4-10-8(2-11(12)23(7)6-14(16,17)18)9(15(19,20)21)3-13(24)22-10;1-14(2)13(23)21(3)11-4-7-8(15(16,17)18)5-12(22)19-9(7)6-10(11)20-14;16-15(17,18)10-5-14(21)19-11-6-13-12(4-9(10)11)20-3-1-2-8(20)7-22-13/h5-7,9H,1-4,8H2,(H,20,22);2*2-4,7H,5-6H2,1H3,(H,22,24);4-6,20H,1-3H3,(H,19,22);4-6,8H,1-3,7H2,(H,19,21)/t;2*7-;;8-/m.11.1/s1. The van der Waals surface area contributed by atoms with Crippen LogP contribution in [0.15, 0.2) is 115 Å². The summed E-state index contributed by atoms with van der Waals surface area (Å²) in [6, 6.07) is 14.5. The molecule has 10 aromatic rings. The number of alkyl halides is 21. The Labute approximate surface area is 649 Å². The minimum absolute atomic E-state index is 0.00185. The van der Waals surface area contributed by atoms with E-state index in [-0.39, 0.29) is 97.8 Å². The van der Waals surface area contributed by atoms with Gasteiger partial charge in [-0.05, 0) is 96.2 Å². The number of piperidine rings is 1. The van der Waals surface area contributed by atoms with Gasteiger partial charge in [0.1, 0.15) is 68.1 Å². The van der Waals surface area contributed by atoms with Crippen LogP contribution in [0.2, 0.25) is 0 Å². The van der Waals surface area contributed by atoms with E-state index in [9.17, 15) is 121 Å². The zero-order valence-corrected chi connectivity index (χ0v) is 61.9. The van der Waals surface area contributed by atoms with Gasteiger partial charge in [0.2, 0.25) is 27.8 Å². The van der Waals surface area contributed by atoms with E-state index in [2.05, 4.69) is 40.0 Å². The maximum atomic E-state index is 13.3. The van der Waals surface area contributed by atoms with Crippen LogP contribution in [0, 0.1) is 0 Å². The number of pyridine rings is 5. The molecule has 118 heavy (non-hydrogen) atoms. The molecular weight excluding hydrogens is 1630 g/mol. The fourth-order valence-electron chi connectivity index (χ4n) is 15.3. The fraction of sp³-hybridized carbons (Fsp3) is 0.395. The molecule has 0 bridgehead atoms. The SMILES string of the molecule is CN1C(=O)C(C)(C)Nc2cc3[nH]c(=O)cc(C(F)(F)F)c3cc21.C[C@@H]1COc2cc3[nH]c(=O)cc(C(F)(F)F)c3cc2N1CC(F)(F)F.C[C@@H]1COc2cc3[nH]c(=O)cc(C(F)(F)F)c3cc2N1CC(F)(F)F.O=c1cc(C(F)(F)F)c2cc3c(cc2[nH]1)OCC1CCCCN31.O=c1cc(C(F)(F)F)c2cc3c(cc2[nH]1)OC[C@H]1CCCN31. The summed E-state index contributed by atoms with van der Waals surface area (Å²) in [6.45, 7) is 6.25. The monoisotopic (exact) mass is 1690 g/mol. The minimum atomic E-state index is -4.82. The first-order chi connectivity index (χ1) is 54.8. The number of rotatable bonds is 2. The van der Waals surface area contributed by atoms with Crippen molar-refractivity contribution in [2.75, 3.05) is 89.5 Å². The first kappa shape index (κ1) is 84.3. The fourth-order valence-corrected chi connectivity index (χ4v) is 15.3. The molecule has 6 N–H and O–H groups in total. The van der Waals surface area contributed by atoms with Crippen LogP contribution in [-0.4, -0.2) is 133 Å². The van der Waals surface area contributed by atoms with Gasteiger partial charge in [-0.15, -0.1) is 0 Å². The molecule has 12 heterocycles. The number of aromatic amines is 5. The van der Waals surface area contributed by atoms with Gasteiger partial charge in [-0.3, -0.25) is 28.8 Å². The topological polar surface area (TPSA) is 247 Å². The molecule has 0 aliphatic carbocycles. The van der Waals surface area contributed by atoms with Crippen molar-refractivity contribution in [2.45, 2.75) is 133 Å². The third kappa shape index (κ3) is 17.5. The first-order valence-corrected chi connectivity index (χ1v) is 36.0. The first-order valence-electron chi connectivity index (χ1n) is 36.0. The predicted octanol–water partition coefficient (Wildman–Crippen LogP) is 16.3. The molecule has 42 heteroatoms. The molecule has 2 fully saturated rings. The number of carbonyl (C=O) groups excluding carboxylic acids is 1. The van der Waals surface area contributed by atoms with E-state index in [0.717, 1.165) is 79.3 Å². The average molecular weight is 1690 g/mol. The summed E-state index contributed by atoms with van der Waals surface area (Å²) >= 11 is 0. The summed E-state index contributed by atoms with van der Waals surface area (Å²) < 4.78 is 297. The van der Waals surface area contributed by atoms with E-state index in [1.54, 1.807) is 13.8 Å². The van der Waals surface area contributed by atoms with Crippen molar-refractivity contribution in [3.8, 4) is 23.0 Å². The van der Waals surface area contributed by atoms with Crippen molar-refractivity contribution >= 4 is 94.5 Å². The van der Waals surface area contributed by atoms with Gasteiger partial charge in [-0.1, -0.05) is 0 Å². The smallest absolute Gasteiger partial charge is 0.417 e. The maximum absolute atomic E-state index is 13.3. The van der Waals surface area contributed by atoms with Gasteiger partial charge >= 0.3 is 43.2 Å². The van der Waals surface area contributed by atoms with Crippen LogP contribution in [0.5, 0.6) is 23.0 Å². The summed E-state index contributed by atoms with van der Waals surface area (Å²) in [4.78, 5) is 89.0. The third-order valence-corrected chi connectivity index (χ3v) is 20.7. The van der Waals surface area contributed by atoms with E-state index in [0.29, 0.717) is 77.8 Å². The van der Waals surface area contributed by atoms with Crippen LogP contribution >= 0.6 is 0 Å². The highest BCUT2D eigenvalue weighted by atomic mass is 19.4. The highest BCUT2D eigenvalue weighted by Gasteiger charge is 2.45. The molecule has 0 saturated carbocycles. The molecule has 2 saturated heterocycles. The minimum Gasteiger partial charge on any atom is -0.489 e. The van der Waals surface area contributed by atoms with E-state index in [1.807, 2.05) is 0 Å². The maximum Gasteiger partial charge on any atom is 0.417 e. The van der Waals surface area contributed by atoms with Crippen molar-refractivity contribution < 1.29 is 116 Å². The molecule has 1 amide bonds. The Balaban J connectivity index is 0.000000128. The number of ether oxygens (including phenoxy) is 4. The van der Waals surface area contributed by atoms with Crippen molar-refractivity contribution in [2.24, 2.45) is 0 Å². The quantitative estimate of drug-likeness (QED) is 0.0881. The van der Waals surface area contributed by atoms with E-state index in [1.165, 1.54) is 62.2 Å². The van der Waals surface area contributed by atoms with Gasteiger partial charge in [0, 0.05) is 102 Å². The predicted molar refractivity (Wildman–Crippen MR) is 392 cm³/mol. The zero-order valence-electron chi connectivity index (χ0n) is 61.9. The molecule has 1 unspecified atom stereocenters. The molecule has 0 radical (unpaired) electrons. The zero-order chi connectivity index (χ0) is 86.0. The molecular formula is C76H66F21N11O10. The van der Waals surface area contributed by atoms with Gasteiger partial charge in [-0.2, -0.15) is 92.2 Å². The van der Waals surface area contributed by atoms with Crippen LogP contribution in [-0.2, 0) is 35.7 Å². The second-order valence-electron chi connectivity index (χ2n) is 29.5. The Bertz CT molecular complexity index is 5780. The lowest BCUT2D eigenvalue weighted by Gasteiger charge is -2.41. The Morgan fingerprint density at radius 3 is 0.966 bits per heavy atom. The van der Waals surface area contributed by atoms with Crippen molar-refractivity contribution in [1.82, 2.24) is 24.9 Å². The molecule has 21 nitrogen and oxygen atoms in total. The second-order valence-corrected chi connectivity index (χ2v) is 29.5. The summed E-state index contributed by atoms with van der Waals surface area (Å²) in [6.07, 6.45) is -27.4. The number of likely N-dealkylation sites (N-methyl/N-ethyl adjacent to an activating group) is 1. The molecule has 5 aromatic heterocycles. The number of halogens is 21. The largest absolute Gasteiger partial charge is 0.489 e. The van der Waals surface area contributed by atoms with Gasteiger partial charge in [0.25, 0.3) is 5.91 Å². The Morgan fingerprint density at radius 1 is 0.364 bits per heavy atom. The number of anilines is 6. The molecule has 0 spiro atoms. The Morgan fingerprint density at radius 2 is 0.644 bits per heavy atom. The lowest BCUT2D eigenvalue weighted by atomic mass is 9.97. The number of carbonyl (C=O) groups is 1. The number of H-pyrrole nitrogens is 5. The molecule has 5 aromatic carbocycles. The summed E-state index contributed by atoms with van der Waals surface area (Å²) in [5.74, 6) is 0.781. The third-order valence-electron chi connectivity index (χ3n) is 20.7. The molecule has 17 rings (SSSR count). The van der Waals surface area contributed by atoms with Crippen molar-refractivity contribution in [3.05, 3.63) is 171 Å². The van der Waals surface area contributed by atoms with Crippen molar-refractivity contribution in [3.63, 3.8) is 0 Å². The van der Waals surface area contributed by atoms with Gasteiger partial charge in [0.15, 0.2) is 0 Å². The lowest BCUT2D eigenvalue weighted by molar-refractivity contribution is -0.137. The van der Waals surface area contributed by atoms with Crippen LogP contribution in [0.25, 0.3) is 54.5 Å². The number of hydrogen-bond acceptors (Lipinski definition) is 15. The number of hydrogen-bond donors (Lipinski definition) is 6. The van der Waals surface area contributed by atoms with Crippen molar-refractivity contribution in [1.29, 1.82) is 0 Å². The van der Waals surface area contributed by atoms with Crippen LogP contribution in [0.4, 0.5) is 126 Å². The van der Waals surface area contributed by atoms with Crippen LogP contribution in [0.1, 0.15) is 87.6 Å². The van der Waals surface area contributed by atoms with Gasteiger partial charge < -0.3 is 73.7 Å². The number of nitrogens with zero attached hydrogens (tertiary/aromatic N) is 5. The molecule has 7 aliphatic rings. The second kappa shape index (κ2) is 30.4. The summed E-state index contributed by atoms with van der Waals surface area (Å²) in [7, 11) is 1.51. The molecule has 7 aliphatic heterocycles. The Hall–Kier alpha value is -11.7.